The summed E-state index contributed by atoms with van der Waals surface area (Å²) < 4.78 is 6.98. The summed E-state index contributed by atoms with van der Waals surface area (Å²) in [6.45, 7) is 2.42. The van der Waals surface area contributed by atoms with Crippen LogP contribution in [0.25, 0.3) is 10.9 Å². The van der Waals surface area contributed by atoms with Gasteiger partial charge in [-0.3, -0.25) is 4.79 Å². The van der Waals surface area contributed by atoms with E-state index in [9.17, 15) is 9.59 Å². The first kappa shape index (κ1) is 17.5. The highest BCUT2D eigenvalue weighted by atomic mass is 35.5. The molecule has 3 aromatic rings. The van der Waals surface area contributed by atoms with Crippen molar-refractivity contribution in [3.63, 3.8) is 0 Å². The molecule has 128 valence electrons. The highest BCUT2D eigenvalue weighted by Crippen LogP contribution is 2.27. The fraction of sp³-hybridized carbons (Fsp3) is 0.158. The van der Waals surface area contributed by atoms with Crippen molar-refractivity contribution in [1.82, 2.24) is 4.57 Å². The minimum absolute atomic E-state index is 0.271. The number of hydrogen-bond acceptors (Lipinski definition) is 3. The van der Waals surface area contributed by atoms with E-state index in [2.05, 4.69) is 0 Å². The number of hydrogen-bond donors (Lipinski definition) is 0. The molecular formula is C19H15Cl2NO3. The van der Waals surface area contributed by atoms with Crippen molar-refractivity contribution in [2.45, 2.75) is 13.5 Å². The Kier molecular flexibility index (Phi) is 5.11. The third kappa shape index (κ3) is 3.41. The fourth-order valence-corrected chi connectivity index (χ4v) is 3.10. The second kappa shape index (κ2) is 7.30. The van der Waals surface area contributed by atoms with Gasteiger partial charge >= 0.3 is 5.97 Å². The molecule has 0 radical (unpaired) electrons. The fourth-order valence-electron chi connectivity index (χ4n) is 2.78. The number of aromatic nitrogens is 1. The molecule has 0 saturated heterocycles. The van der Waals surface area contributed by atoms with E-state index in [1.165, 1.54) is 0 Å². The first-order valence-corrected chi connectivity index (χ1v) is 8.49. The molecule has 0 atom stereocenters. The van der Waals surface area contributed by atoms with E-state index in [0.29, 0.717) is 33.2 Å². The maximum atomic E-state index is 12.4. The van der Waals surface area contributed by atoms with Crippen LogP contribution in [0, 0.1) is 0 Å². The molecule has 3 rings (SSSR count). The molecule has 0 spiro atoms. The highest BCUT2D eigenvalue weighted by Gasteiger charge is 2.18. The highest BCUT2D eigenvalue weighted by molar-refractivity contribution is 6.42. The molecule has 0 aliphatic rings. The minimum atomic E-state index is -0.435. The van der Waals surface area contributed by atoms with Gasteiger partial charge in [-0.1, -0.05) is 41.4 Å². The largest absolute Gasteiger partial charge is 0.461 e. The lowest BCUT2D eigenvalue weighted by molar-refractivity contribution is 0.0515. The maximum absolute atomic E-state index is 12.4. The van der Waals surface area contributed by atoms with Crippen molar-refractivity contribution < 1.29 is 14.3 Å². The van der Waals surface area contributed by atoms with Gasteiger partial charge in [0.05, 0.1) is 16.7 Å². The summed E-state index contributed by atoms with van der Waals surface area (Å²) in [5.41, 5.74) is 2.57. The quantitative estimate of drug-likeness (QED) is 0.466. The Morgan fingerprint density at radius 1 is 1.16 bits per heavy atom. The third-order valence-electron chi connectivity index (χ3n) is 3.92. The molecule has 0 aliphatic carbocycles. The maximum Gasteiger partial charge on any atom is 0.354 e. The van der Waals surface area contributed by atoms with Crippen LogP contribution in [-0.2, 0) is 11.3 Å². The predicted octanol–water partition coefficient (Wildman–Crippen LogP) is 4.99. The second-order valence-corrected chi connectivity index (χ2v) is 6.30. The number of esters is 1. The molecule has 25 heavy (non-hydrogen) atoms. The summed E-state index contributed by atoms with van der Waals surface area (Å²) in [5.74, 6) is -0.435. The van der Waals surface area contributed by atoms with Crippen molar-refractivity contribution in [1.29, 1.82) is 0 Å². The van der Waals surface area contributed by atoms with Crippen molar-refractivity contribution in [2.24, 2.45) is 0 Å². The Morgan fingerprint density at radius 3 is 2.64 bits per heavy atom. The number of nitrogens with zero attached hydrogens (tertiary/aromatic N) is 1. The van der Waals surface area contributed by atoms with Crippen LogP contribution in [0.4, 0.5) is 0 Å². The average molecular weight is 376 g/mol. The van der Waals surface area contributed by atoms with E-state index in [1.54, 1.807) is 37.3 Å². The molecule has 1 heterocycles. The van der Waals surface area contributed by atoms with Crippen LogP contribution in [0.5, 0.6) is 0 Å². The first-order valence-electron chi connectivity index (χ1n) is 7.73. The summed E-state index contributed by atoms with van der Waals surface area (Å²) in [5, 5.41) is 1.62. The number of benzene rings is 2. The predicted molar refractivity (Wildman–Crippen MR) is 98.8 cm³/mol. The van der Waals surface area contributed by atoms with Gasteiger partial charge in [-0.15, -0.1) is 0 Å². The number of aldehydes is 1. The van der Waals surface area contributed by atoms with Crippen LogP contribution < -0.4 is 0 Å². The van der Waals surface area contributed by atoms with Gasteiger partial charge in [0.25, 0.3) is 0 Å². The van der Waals surface area contributed by atoms with Crippen molar-refractivity contribution >= 4 is 46.4 Å². The zero-order chi connectivity index (χ0) is 18.0. The Bertz CT molecular complexity index is 963. The van der Waals surface area contributed by atoms with Gasteiger partial charge in [0.2, 0.25) is 0 Å². The molecule has 2 aromatic carbocycles. The van der Waals surface area contributed by atoms with Crippen LogP contribution in [0.3, 0.4) is 0 Å². The normalized spacial score (nSPS) is 10.8. The van der Waals surface area contributed by atoms with Gasteiger partial charge in [0, 0.05) is 23.0 Å². The molecule has 0 unspecified atom stereocenters. The standard InChI is InChI=1S/C19H15Cl2NO3/c1-2-25-19(24)18-9-14-13(11-23)4-3-5-17(14)22(18)10-12-6-7-15(20)16(21)8-12/h3-9,11H,2,10H2,1H3. The lowest BCUT2D eigenvalue weighted by Crippen LogP contribution is -2.12. The molecule has 0 aliphatic heterocycles. The summed E-state index contributed by atoms with van der Waals surface area (Å²) in [4.78, 5) is 23.7. The van der Waals surface area contributed by atoms with Crippen molar-refractivity contribution in [2.75, 3.05) is 6.61 Å². The lowest BCUT2D eigenvalue weighted by Gasteiger charge is -2.11. The van der Waals surface area contributed by atoms with Gasteiger partial charge < -0.3 is 9.30 Å². The molecule has 1 aromatic heterocycles. The van der Waals surface area contributed by atoms with E-state index in [0.717, 1.165) is 17.4 Å². The van der Waals surface area contributed by atoms with Gasteiger partial charge in [-0.25, -0.2) is 4.79 Å². The van der Waals surface area contributed by atoms with Crippen molar-refractivity contribution in [3.8, 4) is 0 Å². The van der Waals surface area contributed by atoms with Crippen LogP contribution >= 0.6 is 23.2 Å². The Hall–Kier alpha value is -2.30. The molecule has 0 bridgehead atoms. The Morgan fingerprint density at radius 2 is 1.96 bits per heavy atom. The topological polar surface area (TPSA) is 48.3 Å². The number of carbonyl (C=O) groups is 2. The van der Waals surface area contributed by atoms with E-state index < -0.39 is 5.97 Å². The van der Waals surface area contributed by atoms with Gasteiger partial charge in [0.15, 0.2) is 6.29 Å². The van der Waals surface area contributed by atoms with E-state index in [4.69, 9.17) is 27.9 Å². The van der Waals surface area contributed by atoms with E-state index in [1.807, 2.05) is 16.7 Å². The molecule has 0 fully saturated rings. The van der Waals surface area contributed by atoms with Crippen LogP contribution in [-0.4, -0.2) is 23.4 Å². The molecule has 4 nitrogen and oxygen atoms in total. The van der Waals surface area contributed by atoms with Crippen LogP contribution in [0.2, 0.25) is 10.0 Å². The smallest absolute Gasteiger partial charge is 0.354 e. The number of ether oxygens (including phenoxy) is 1. The molecule has 0 amide bonds. The monoisotopic (exact) mass is 375 g/mol. The molecular weight excluding hydrogens is 361 g/mol. The summed E-state index contributed by atoms with van der Waals surface area (Å²) in [6, 6.07) is 12.4. The van der Waals surface area contributed by atoms with E-state index in [-0.39, 0.29) is 6.61 Å². The Balaban J connectivity index is 2.16. The molecule has 0 N–H and O–H groups in total. The third-order valence-corrected chi connectivity index (χ3v) is 4.65. The molecule has 0 saturated carbocycles. The van der Waals surface area contributed by atoms with E-state index >= 15 is 0 Å². The number of halogens is 2. The molecule has 6 heteroatoms. The van der Waals surface area contributed by atoms with Gasteiger partial charge in [-0.05, 0) is 36.8 Å². The minimum Gasteiger partial charge on any atom is -0.461 e. The Labute approximate surface area is 154 Å². The summed E-state index contributed by atoms with van der Waals surface area (Å²) in [7, 11) is 0. The average Bonchev–Trinajstić information content (AvgIpc) is 2.97. The summed E-state index contributed by atoms with van der Waals surface area (Å²) in [6.07, 6.45) is 0.779. The van der Waals surface area contributed by atoms with Crippen molar-refractivity contribution in [3.05, 3.63) is 69.3 Å². The second-order valence-electron chi connectivity index (χ2n) is 5.48. The summed E-state index contributed by atoms with van der Waals surface area (Å²) >= 11 is 12.1. The first-order chi connectivity index (χ1) is 12.0. The zero-order valence-corrected chi connectivity index (χ0v) is 15.0. The van der Waals surface area contributed by atoms with Crippen LogP contribution in [0.15, 0.2) is 42.5 Å². The van der Waals surface area contributed by atoms with Crippen LogP contribution in [0.1, 0.15) is 33.3 Å². The van der Waals surface area contributed by atoms with Gasteiger partial charge in [-0.2, -0.15) is 0 Å². The zero-order valence-electron chi connectivity index (χ0n) is 13.5. The SMILES string of the molecule is CCOC(=O)c1cc2c(C=O)cccc2n1Cc1ccc(Cl)c(Cl)c1. The lowest BCUT2D eigenvalue weighted by atomic mass is 10.1. The van der Waals surface area contributed by atoms with Gasteiger partial charge in [0.1, 0.15) is 5.69 Å². The number of carbonyl (C=O) groups excluding carboxylic acids is 2. The number of rotatable bonds is 5. The number of fused-ring (bicyclic) bond motifs is 1.